The predicted molar refractivity (Wildman–Crippen MR) is 155 cm³/mol. The number of para-hydroxylation sites is 1. The highest BCUT2D eigenvalue weighted by Gasteiger charge is 2.22. The highest BCUT2D eigenvalue weighted by Crippen LogP contribution is 2.47. The van der Waals surface area contributed by atoms with Crippen LogP contribution in [0.1, 0.15) is 0 Å². The highest BCUT2D eigenvalue weighted by atomic mass is 16.9. The lowest BCUT2D eigenvalue weighted by Crippen LogP contribution is -2.19. The van der Waals surface area contributed by atoms with Crippen LogP contribution in [0.2, 0.25) is 0 Å². The Labute approximate surface area is 223 Å². The van der Waals surface area contributed by atoms with Crippen molar-refractivity contribution in [1.82, 2.24) is 0 Å². The van der Waals surface area contributed by atoms with E-state index in [1.165, 1.54) is 5.23 Å². The second-order valence-corrected chi connectivity index (χ2v) is 8.60. The molecule has 0 heterocycles. The van der Waals surface area contributed by atoms with Crippen molar-refractivity contribution in [2.45, 2.75) is 0 Å². The number of rotatable bonds is 9. The van der Waals surface area contributed by atoms with E-state index in [1.807, 2.05) is 59.7 Å². The topological polar surface area (TPSA) is 34.2 Å². The molecule has 0 aliphatic rings. The Hall–Kier alpha value is -4.42. The average Bonchev–Trinajstić information content (AvgIpc) is 3.00. The zero-order valence-corrected chi connectivity index (χ0v) is 21.7. The van der Waals surface area contributed by atoms with Gasteiger partial charge in [-0.3, -0.25) is 14.5 Å². The number of hydrogen-bond acceptors (Lipinski definition) is 5. The van der Waals surface area contributed by atoms with Crippen LogP contribution in [-0.4, -0.2) is 21.3 Å². The SMILES string of the molecule is CON(OC)c1ccc(-c2ccc(N(OC)c3ccccc3)c(-c3ccccc3)c2-c2ccccc2)cc1. The van der Waals surface area contributed by atoms with Crippen LogP contribution in [0.4, 0.5) is 17.1 Å². The standard InChI is InChI=1S/C33H30N2O3/c1-36-34(28-17-11-6-12-18-28)31-24-23-30(25-19-21-29(22-20-25)35(37-2)38-3)32(26-13-7-4-8-14-26)33(31)27-15-9-5-10-16-27/h4-24H,1-3H3. The Bertz CT molecular complexity index is 1450. The summed E-state index contributed by atoms with van der Waals surface area (Å²) in [5.41, 5.74) is 9.30. The zero-order chi connectivity index (χ0) is 26.3. The lowest BCUT2D eigenvalue weighted by atomic mass is 9.86. The molecule has 5 aromatic rings. The normalized spacial score (nSPS) is 10.8. The van der Waals surface area contributed by atoms with Crippen molar-refractivity contribution < 1.29 is 14.5 Å². The van der Waals surface area contributed by atoms with Gasteiger partial charge in [-0.2, -0.15) is 0 Å². The second kappa shape index (κ2) is 11.8. The molecule has 0 aliphatic carbocycles. The Morgan fingerprint density at radius 2 is 0.947 bits per heavy atom. The monoisotopic (exact) mass is 502 g/mol. The van der Waals surface area contributed by atoms with E-state index >= 15 is 0 Å². The van der Waals surface area contributed by atoms with Gasteiger partial charge in [-0.05, 0) is 58.1 Å². The molecule has 0 atom stereocenters. The van der Waals surface area contributed by atoms with Crippen LogP contribution in [0.5, 0.6) is 0 Å². The minimum atomic E-state index is 0.801. The molecule has 0 saturated heterocycles. The summed E-state index contributed by atoms with van der Waals surface area (Å²) in [5, 5.41) is 3.26. The van der Waals surface area contributed by atoms with Gasteiger partial charge < -0.3 is 0 Å². The van der Waals surface area contributed by atoms with Crippen molar-refractivity contribution in [2.24, 2.45) is 0 Å². The van der Waals surface area contributed by atoms with E-state index in [2.05, 4.69) is 72.8 Å². The molecule has 0 spiro atoms. The van der Waals surface area contributed by atoms with Crippen molar-refractivity contribution in [2.75, 3.05) is 31.6 Å². The fraction of sp³-hybridized carbons (Fsp3) is 0.0909. The Morgan fingerprint density at radius 3 is 1.47 bits per heavy atom. The molecule has 5 nitrogen and oxygen atoms in total. The zero-order valence-electron chi connectivity index (χ0n) is 21.7. The molecule has 38 heavy (non-hydrogen) atoms. The maximum atomic E-state index is 5.99. The summed E-state index contributed by atoms with van der Waals surface area (Å²) >= 11 is 0. The Balaban J connectivity index is 1.79. The second-order valence-electron chi connectivity index (χ2n) is 8.60. The van der Waals surface area contributed by atoms with Crippen molar-refractivity contribution in [3.8, 4) is 33.4 Å². The van der Waals surface area contributed by atoms with Gasteiger partial charge in [0.2, 0.25) is 0 Å². The summed E-state index contributed by atoms with van der Waals surface area (Å²) in [7, 11) is 4.85. The van der Waals surface area contributed by atoms with Gasteiger partial charge in [-0.25, -0.2) is 5.06 Å². The number of hydrogen-bond donors (Lipinski definition) is 0. The molecule has 0 unspecified atom stereocenters. The molecule has 0 aliphatic heterocycles. The minimum Gasteiger partial charge on any atom is -0.272 e. The Kier molecular flexibility index (Phi) is 7.81. The fourth-order valence-electron chi connectivity index (χ4n) is 4.76. The van der Waals surface area contributed by atoms with E-state index in [4.69, 9.17) is 14.5 Å². The van der Waals surface area contributed by atoms with Crippen molar-refractivity contribution in [3.05, 3.63) is 127 Å². The number of nitrogens with zero attached hydrogens (tertiary/aromatic N) is 2. The van der Waals surface area contributed by atoms with Gasteiger partial charge in [0.15, 0.2) is 0 Å². The maximum absolute atomic E-state index is 5.99. The third-order valence-electron chi connectivity index (χ3n) is 6.42. The lowest BCUT2D eigenvalue weighted by Gasteiger charge is -2.28. The maximum Gasteiger partial charge on any atom is 0.0947 e. The molecule has 0 N–H and O–H groups in total. The van der Waals surface area contributed by atoms with Gasteiger partial charge in [0.05, 0.1) is 38.4 Å². The first-order chi connectivity index (χ1) is 18.7. The van der Waals surface area contributed by atoms with Crippen LogP contribution >= 0.6 is 0 Å². The van der Waals surface area contributed by atoms with E-state index in [9.17, 15) is 0 Å². The molecule has 0 saturated carbocycles. The summed E-state index contributed by atoms with van der Waals surface area (Å²) < 4.78 is 0. The summed E-state index contributed by atoms with van der Waals surface area (Å²) in [6.45, 7) is 0. The molecule has 5 heteroatoms. The van der Waals surface area contributed by atoms with E-state index in [0.717, 1.165) is 50.4 Å². The molecule has 0 fully saturated rings. The van der Waals surface area contributed by atoms with Crippen molar-refractivity contribution in [3.63, 3.8) is 0 Å². The molecule has 0 aromatic heterocycles. The smallest absolute Gasteiger partial charge is 0.0947 e. The van der Waals surface area contributed by atoms with Crippen LogP contribution in [-0.2, 0) is 14.5 Å². The Morgan fingerprint density at radius 1 is 0.421 bits per heavy atom. The lowest BCUT2D eigenvalue weighted by molar-refractivity contribution is -0.0433. The third-order valence-corrected chi connectivity index (χ3v) is 6.42. The van der Waals surface area contributed by atoms with Crippen LogP contribution in [0.25, 0.3) is 33.4 Å². The highest BCUT2D eigenvalue weighted by molar-refractivity contribution is 6.01. The first kappa shape index (κ1) is 25.2. The fourth-order valence-corrected chi connectivity index (χ4v) is 4.76. The molecule has 0 bridgehead atoms. The van der Waals surface area contributed by atoms with Crippen LogP contribution in [0.3, 0.4) is 0 Å². The third kappa shape index (κ3) is 5.04. The average molecular weight is 503 g/mol. The van der Waals surface area contributed by atoms with Crippen molar-refractivity contribution >= 4 is 17.1 Å². The van der Waals surface area contributed by atoms with Crippen LogP contribution in [0, 0.1) is 0 Å². The van der Waals surface area contributed by atoms with Gasteiger partial charge in [-0.1, -0.05) is 97.1 Å². The number of anilines is 3. The molecular weight excluding hydrogens is 472 g/mol. The largest absolute Gasteiger partial charge is 0.272 e. The van der Waals surface area contributed by atoms with E-state index < -0.39 is 0 Å². The van der Waals surface area contributed by atoms with Gasteiger partial charge in [0, 0.05) is 5.56 Å². The summed E-state index contributed by atoms with van der Waals surface area (Å²) in [4.78, 5) is 16.6. The minimum absolute atomic E-state index is 0.801. The van der Waals surface area contributed by atoms with Gasteiger partial charge >= 0.3 is 0 Å². The van der Waals surface area contributed by atoms with E-state index in [1.54, 1.807) is 21.3 Å². The predicted octanol–water partition coefficient (Wildman–Crippen LogP) is 8.32. The summed E-state index contributed by atoms with van der Waals surface area (Å²) in [5.74, 6) is 0. The van der Waals surface area contributed by atoms with Gasteiger partial charge in [0.25, 0.3) is 0 Å². The molecule has 190 valence electrons. The van der Waals surface area contributed by atoms with Crippen LogP contribution in [0.15, 0.2) is 127 Å². The first-order valence-electron chi connectivity index (χ1n) is 12.4. The van der Waals surface area contributed by atoms with Gasteiger partial charge in [-0.15, -0.1) is 5.23 Å². The summed E-state index contributed by atoms with van der Waals surface area (Å²) in [6, 6.07) is 43.5. The molecular formula is C33H30N2O3. The number of benzene rings is 5. The molecule has 5 rings (SSSR count). The summed E-state index contributed by atoms with van der Waals surface area (Å²) in [6.07, 6.45) is 0. The quantitative estimate of drug-likeness (QED) is 0.189. The van der Waals surface area contributed by atoms with Crippen LogP contribution < -0.4 is 10.3 Å². The van der Waals surface area contributed by atoms with E-state index in [-0.39, 0.29) is 0 Å². The van der Waals surface area contributed by atoms with Crippen molar-refractivity contribution in [1.29, 1.82) is 0 Å². The molecule has 0 radical (unpaired) electrons. The van der Waals surface area contributed by atoms with Gasteiger partial charge in [0.1, 0.15) is 0 Å². The first-order valence-corrected chi connectivity index (χ1v) is 12.4. The van der Waals surface area contributed by atoms with E-state index in [0.29, 0.717) is 0 Å². The molecule has 0 amide bonds. The molecule has 5 aromatic carbocycles.